The summed E-state index contributed by atoms with van der Waals surface area (Å²) in [6.45, 7) is 5.55. The third-order valence-corrected chi connectivity index (χ3v) is 7.71. The van der Waals surface area contributed by atoms with Crippen LogP contribution >= 0.6 is 0 Å². The molecule has 1 fully saturated rings. The molecule has 2 aliphatic heterocycles. The van der Waals surface area contributed by atoms with Crippen LogP contribution in [-0.2, 0) is 16.4 Å². The molecule has 154 valence electrons. The van der Waals surface area contributed by atoms with Gasteiger partial charge in [-0.25, -0.2) is 8.42 Å². The van der Waals surface area contributed by atoms with Crippen molar-refractivity contribution in [3.05, 3.63) is 59.7 Å². The van der Waals surface area contributed by atoms with Crippen LogP contribution in [0.2, 0.25) is 0 Å². The summed E-state index contributed by atoms with van der Waals surface area (Å²) < 4.78 is 27.9. The number of benzene rings is 2. The van der Waals surface area contributed by atoms with Gasteiger partial charge in [0, 0.05) is 31.2 Å². The number of amides is 1. The van der Waals surface area contributed by atoms with Gasteiger partial charge in [0.15, 0.2) is 0 Å². The van der Waals surface area contributed by atoms with Crippen LogP contribution in [-0.4, -0.2) is 51.4 Å². The van der Waals surface area contributed by atoms with E-state index in [4.69, 9.17) is 0 Å². The molecule has 0 unspecified atom stereocenters. The molecule has 0 radical (unpaired) electrons. The summed E-state index contributed by atoms with van der Waals surface area (Å²) in [6, 6.07) is 14.1. The molecule has 0 saturated carbocycles. The average molecular weight is 414 g/mol. The summed E-state index contributed by atoms with van der Waals surface area (Å²) in [5.74, 6) is -0.209. The highest BCUT2D eigenvalue weighted by Gasteiger charge is 2.31. The number of sulfonamides is 1. The van der Waals surface area contributed by atoms with Crippen molar-refractivity contribution in [2.75, 3.05) is 30.5 Å². The molecule has 6 nitrogen and oxygen atoms in total. The van der Waals surface area contributed by atoms with E-state index in [-0.39, 0.29) is 16.8 Å². The Morgan fingerprint density at radius 1 is 1.07 bits per heavy atom. The molecule has 2 heterocycles. The van der Waals surface area contributed by atoms with E-state index in [1.54, 1.807) is 18.2 Å². The lowest BCUT2D eigenvalue weighted by atomic mass is 10.0. The lowest BCUT2D eigenvalue weighted by molar-refractivity contribution is 0.0912. The molecule has 7 heteroatoms. The van der Waals surface area contributed by atoms with Crippen LogP contribution in [0.4, 0.5) is 5.69 Å². The molecule has 1 N–H and O–H groups in total. The fourth-order valence-electron chi connectivity index (χ4n) is 4.14. The van der Waals surface area contributed by atoms with Crippen LogP contribution in [0.25, 0.3) is 0 Å². The molecule has 0 atom stereocenters. The Kier molecular flexibility index (Phi) is 5.61. The van der Waals surface area contributed by atoms with Crippen molar-refractivity contribution < 1.29 is 13.2 Å². The van der Waals surface area contributed by atoms with Crippen LogP contribution in [0.5, 0.6) is 0 Å². The van der Waals surface area contributed by atoms with Gasteiger partial charge in [0.05, 0.1) is 10.6 Å². The zero-order chi connectivity index (χ0) is 20.4. The number of nitrogens with zero attached hydrogens (tertiary/aromatic N) is 2. The number of anilines is 1. The number of nitrogens with one attached hydrogen (secondary N) is 1. The zero-order valence-corrected chi connectivity index (χ0v) is 17.5. The van der Waals surface area contributed by atoms with E-state index in [0.29, 0.717) is 18.5 Å². The molecular weight excluding hydrogens is 386 g/mol. The van der Waals surface area contributed by atoms with Gasteiger partial charge in [-0.05, 0) is 55.6 Å². The van der Waals surface area contributed by atoms with E-state index in [9.17, 15) is 13.2 Å². The van der Waals surface area contributed by atoms with Crippen molar-refractivity contribution in [2.24, 2.45) is 0 Å². The number of likely N-dealkylation sites (tertiary alicyclic amines) is 1. The summed E-state index contributed by atoms with van der Waals surface area (Å²) >= 11 is 0. The van der Waals surface area contributed by atoms with Crippen molar-refractivity contribution >= 4 is 21.6 Å². The molecule has 4 rings (SSSR count). The molecule has 0 spiro atoms. The van der Waals surface area contributed by atoms with Gasteiger partial charge < -0.3 is 10.2 Å². The number of para-hydroxylation sites is 1. The summed E-state index contributed by atoms with van der Waals surface area (Å²) in [5.41, 5.74) is 2.14. The maximum atomic E-state index is 13.2. The summed E-state index contributed by atoms with van der Waals surface area (Å²) in [6.07, 6.45) is 2.54. The zero-order valence-electron chi connectivity index (χ0n) is 16.7. The highest BCUT2D eigenvalue weighted by molar-refractivity contribution is 7.92. The molecule has 0 bridgehead atoms. The van der Waals surface area contributed by atoms with Crippen molar-refractivity contribution in [2.45, 2.75) is 37.1 Å². The van der Waals surface area contributed by atoms with E-state index >= 15 is 0 Å². The monoisotopic (exact) mass is 413 g/mol. The summed E-state index contributed by atoms with van der Waals surface area (Å²) in [5, 5.41) is 3.07. The predicted octanol–water partition coefficient (Wildman–Crippen LogP) is 2.65. The fourth-order valence-corrected chi connectivity index (χ4v) is 5.69. The quantitative estimate of drug-likeness (QED) is 0.818. The Hall–Kier alpha value is -2.38. The Labute approximate surface area is 172 Å². The second kappa shape index (κ2) is 8.16. The van der Waals surface area contributed by atoms with Crippen molar-refractivity contribution in [3.63, 3.8) is 0 Å². The number of carbonyl (C=O) groups excluding carboxylic acids is 1. The molecule has 0 aromatic heterocycles. The SMILES string of the molecule is CCN1CCC(NC(=O)c2cccc(S(=O)(=O)N3CCc4ccccc43)c2)CC1. The molecule has 1 saturated heterocycles. The van der Waals surface area contributed by atoms with E-state index in [1.165, 1.54) is 10.4 Å². The molecule has 1 amide bonds. The van der Waals surface area contributed by atoms with Crippen LogP contribution in [0.15, 0.2) is 53.4 Å². The lowest BCUT2D eigenvalue weighted by Crippen LogP contribution is -2.44. The number of hydrogen-bond acceptors (Lipinski definition) is 4. The first-order chi connectivity index (χ1) is 14.0. The number of carbonyl (C=O) groups is 1. The van der Waals surface area contributed by atoms with Gasteiger partial charge in [-0.3, -0.25) is 9.10 Å². The Morgan fingerprint density at radius 2 is 1.83 bits per heavy atom. The Bertz CT molecular complexity index is 998. The smallest absolute Gasteiger partial charge is 0.264 e. The van der Waals surface area contributed by atoms with Gasteiger partial charge in [-0.15, -0.1) is 0 Å². The van der Waals surface area contributed by atoms with E-state index in [2.05, 4.69) is 17.1 Å². The normalized spacial score (nSPS) is 17.9. The average Bonchev–Trinajstić information content (AvgIpc) is 3.19. The third kappa shape index (κ3) is 4.02. The lowest BCUT2D eigenvalue weighted by Gasteiger charge is -2.31. The maximum Gasteiger partial charge on any atom is 0.264 e. The first kappa shape index (κ1) is 19.9. The highest BCUT2D eigenvalue weighted by Crippen LogP contribution is 2.32. The van der Waals surface area contributed by atoms with E-state index in [1.807, 2.05) is 24.3 Å². The fraction of sp³-hybridized carbons (Fsp3) is 0.409. The minimum atomic E-state index is -3.71. The van der Waals surface area contributed by atoms with Gasteiger partial charge in [0.1, 0.15) is 0 Å². The molecule has 2 aromatic rings. The first-order valence-electron chi connectivity index (χ1n) is 10.2. The summed E-state index contributed by atoms with van der Waals surface area (Å²) in [7, 11) is -3.71. The number of hydrogen-bond donors (Lipinski definition) is 1. The van der Waals surface area contributed by atoms with Crippen LogP contribution in [0.3, 0.4) is 0 Å². The summed E-state index contributed by atoms with van der Waals surface area (Å²) in [4.78, 5) is 15.2. The first-order valence-corrected chi connectivity index (χ1v) is 11.7. The topological polar surface area (TPSA) is 69.7 Å². The minimum Gasteiger partial charge on any atom is -0.349 e. The van der Waals surface area contributed by atoms with E-state index in [0.717, 1.165) is 43.7 Å². The molecule has 29 heavy (non-hydrogen) atoms. The highest BCUT2D eigenvalue weighted by atomic mass is 32.2. The Morgan fingerprint density at radius 3 is 2.59 bits per heavy atom. The van der Waals surface area contributed by atoms with Gasteiger partial charge in [0.2, 0.25) is 0 Å². The van der Waals surface area contributed by atoms with Crippen LogP contribution in [0.1, 0.15) is 35.7 Å². The van der Waals surface area contributed by atoms with Crippen molar-refractivity contribution in [3.8, 4) is 0 Å². The van der Waals surface area contributed by atoms with E-state index < -0.39 is 10.0 Å². The van der Waals surface area contributed by atoms with Crippen LogP contribution < -0.4 is 9.62 Å². The Balaban J connectivity index is 1.51. The van der Waals surface area contributed by atoms with Crippen molar-refractivity contribution in [1.82, 2.24) is 10.2 Å². The van der Waals surface area contributed by atoms with Crippen molar-refractivity contribution in [1.29, 1.82) is 0 Å². The van der Waals surface area contributed by atoms with Gasteiger partial charge in [0.25, 0.3) is 15.9 Å². The number of rotatable bonds is 5. The number of fused-ring (bicyclic) bond motifs is 1. The standard InChI is InChI=1S/C22H27N3O3S/c1-2-24-13-11-19(12-14-24)23-22(26)18-7-5-8-20(16-18)29(27,28)25-15-10-17-6-3-4-9-21(17)25/h3-9,16,19H,2,10-15H2,1H3,(H,23,26). The number of piperidine rings is 1. The maximum absolute atomic E-state index is 13.2. The molecule has 0 aliphatic carbocycles. The molecular formula is C22H27N3O3S. The largest absolute Gasteiger partial charge is 0.349 e. The second-order valence-electron chi connectivity index (χ2n) is 7.67. The van der Waals surface area contributed by atoms with Crippen LogP contribution in [0, 0.1) is 0 Å². The van der Waals surface area contributed by atoms with Gasteiger partial charge in [-0.1, -0.05) is 31.2 Å². The minimum absolute atomic E-state index is 0.135. The van der Waals surface area contributed by atoms with Gasteiger partial charge >= 0.3 is 0 Å². The third-order valence-electron chi connectivity index (χ3n) is 5.90. The second-order valence-corrected chi connectivity index (χ2v) is 9.53. The molecule has 2 aliphatic rings. The molecule has 2 aromatic carbocycles. The predicted molar refractivity (Wildman–Crippen MR) is 114 cm³/mol. The van der Waals surface area contributed by atoms with Gasteiger partial charge in [-0.2, -0.15) is 0 Å².